The zero-order chi connectivity index (χ0) is 8.32. The number of carboxylic acid groups (broad SMARTS) is 1. The Hall–Kier alpha value is -0.440. The number of allylic oxidation sites excluding steroid dienone is 2. The third-order valence-electron chi connectivity index (χ3n) is 1.87. The third-order valence-corrected chi connectivity index (χ3v) is 3.22. The van der Waals surface area contributed by atoms with Gasteiger partial charge in [-0.25, -0.2) is 0 Å². The van der Waals surface area contributed by atoms with Gasteiger partial charge in [0, 0.05) is 0 Å². The van der Waals surface area contributed by atoms with Crippen molar-refractivity contribution >= 4 is 17.7 Å². The summed E-state index contributed by atoms with van der Waals surface area (Å²) < 4.78 is -0.533. The second-order valence-corrected chi connectivity index (χ2v) is 4.26. The largest absolute Gasteiger partial charge is 0.480 e. The molecule has 0 fully saturated rings. The summed E-state index contributed by atoms with van der Waals surface area (Å²) in [5.74, 6) is 0.197. The van der Waals surface area contributed by atoms with Crippen LogP contribution in [0.15, 0.2) is 12.2 Å². The zero-order valence-corrected chi connectivity index (χ0v) is 7.36. The van der Waals surface area contributed by atoms with Crippen LogP contribution in [0.4, 0.5) is 0 Å². The molecule has 0 aliphatic heterocycles. The quantitative estimate of drug-likeness (QED) is 0.661. The molecule has 1 rings (SSSR count). The van der Waals surface area contributed by atoms with Gasteiger partial charge in [0.1, 0.15) is 4.75 Å². The van der Waals surface area contributed by atoms with Gasteiger partial charge >= 0.3 is 5.97 Å². The Balaban J connectivity index is 2.65. The number of thioether (sulfide) groups is 1. The van der Waals surface area contributed by atoms with Crippen molar-refractivity contribution in [1.82, 2.24) is 0 Å². The third kappa shape index (κ3) is 1.59. The lowest BCUT2D eigenvalue weighted by Crippen LogP contribution is -2.32. The first-order valence-electron chi connectivity index (χ1n) is 3.73. The predicted molar refractivity (Wildman–Crippen MR) is 46.9 cm³/mol. The Labute approximate surface area is 70.7 Å². The van der Waals surface area contributed by atoms with Crippen molar-refractivity contribution in [2.24, 2.45) is 0 Å². The molecule has 11 heavy (non-hydrogen) atoms. The van der Waals surface area contributed by atoms with Crippen LogP contribution in [0.1, 0.15) is 19.8 Å². The van der Waals surface area contributed by atoms with Crippen molar-refractivity contribution in [3.05, 3.63) is 12.2 Å². The Kier molecular flexibility index (Phi) is 2.60. The number of aliphatic carboxylic acids is 1. The lowest BCUT2D eigenvalue weighted by molar-refractivity contribution is -0.139. The van der Waals surface area contributed by atoms with E-state index in [9.17, 15) is 4.79 Å². The standard InChI is InChI=1S/C8H12O2S/c1-2-11-8(7(9)10)5-3-4-6-8/h3-4H,2,5-6H2,1H3,(H,9,10). The van der Waals surface area contributed by atoms with E-state index in [1.54, 1.807) is 0 Å². The summed E-state index contributed by atoms with van der Waals surface area (Å²) >= 11 is 1.53. The van der Waals surface area contributed by atoms with E-state index in [1.165, 1.54) is 11.8 Å². The Morgan fingerprint density at radius 3 is 2.55 bits per heavy atom. The van der Waals surface area contributed by atoms with Gasteiger partial charge in [0.05, 0.1) is 0 Å². The van der Waals surface area contributed by atoms with Crippen LogP contribution in [-0.4, -0.2) is 21.6 Å². The maximum absolute atomic E-state index is 10.9. The first-order chi connectivity index (χ1) is 5.21. The second kappa shape index (κ2) is 3.30. The first kappa shape index (κ1) is 8.65. The summed E-state index contributed by atoms with van der Waals surface area (Å²) in [5, 5.41) is 8.93. The summed E-state index contributed by atoms with van der Waals surface area (Å²) in [6.45, 7) is 1.99. The number of hydrogen-bond donors (Lipinski definition) is 1. The molecule has 1 aliphatic rings. The van der Waals surface area contributed by atoms with E-state index in [0.717, 1.165) is 5.75 Å². The van der Waals surface area contributed by atoms with E-state index < -0.39 is 10.7 Å². The van der Waals surface area contributed by atoms with E-state index in [0.29, 0.717) is 12.8 Å². The normalized spacial score (nSPS) is 20.5. The fourth-order valence-corrected chi connectivity index (χ4v) is 2.37. The minimum absolute atomic E-state index is 0.533. The van der Waals surface area contributed by atoms with Gasteiger partial charge in [0.2, 0.25) is 0 Å². The Bertz CT molecular complexity index is 179. The van der Waals surface area contributed by atoms with Crippen LogP contribution in [0.3, 0.4) is 0 Å². The fourth-order valence-electron chi connectivity index (χ4n) is 1.26. The average Bonchev–Trinajstić information content (AvgIpc) is 2.38. The van der Waals surface area contributed by atoms with Crippen molar-refractivity contribution in [2.75, 3.05) is 5.75 Å². The number of carbonyl (C=O) groups is 1. The molecular weight excluding hydrogens is 160 g/mol. The van der Waals surface area contributed by atoms with Crippen LogP contribution >= 0.6 is 11.8 Å². The van der Waals surface area contributed by atoms with Gasteiger partial charge in [-0.2, -0.15) is 0 Å². The summed E-state index contributed by atoms with van der Waals surface area (Å²) in [5.41, 5.74) is 0. The fraction of sp³-hybridized carbons (Fsp3) is 0.625. The average molecular weight is 172 g/mol. The predicted octanol–water partition coefficient (Wildman–Crippen LogP) is 1.91. The molecule has 0 heterocycles. The van der Waals surface area contributed by atoms with Crippen molar-refractivity contribution in [2.45, 2.75) is 24.5 Å². The smallest absolute Gasteiger partial charge is 0.320 e. The zero-order valence-electron chi connectivity index (χ0n) is 6.54. The van der Waals surface area contributed by atoms with Crippen LogP contribution < -0.4 is 0 Å². The van der Waals surface area contributed by atoms with Crippen LogP contribution in [-0.2, 0) is 4.79 Å². The van der Waals surface area contributed by atoms with Crippen molar-refractivity contribution in [3.63, 3.8) is 0 Å². The van der Waals surface area contributed by atoms with Gasteiger partial charge in [0.15, 0.2) is 0 Å². The van der Waals surface area contributed by atoms with Crippen molar-refractivity contribution in [1.29, 1.82) is 0 Å². The number of hydrogen-bond acceptors (Lipinski definition) is 2. The van der Waals surface area contributed by atoms with Crippen LogP contribution in [0.25, 0.3) is 0 Å². The highest BCUT2D eigenvalue weighted by molar-refractivity contribution is 8.01. The van der Waals surface area contributed by atoms with Gasteiger partial charge in [0.25, 0.3) is 0 Å². The highest BCUT2D eigenvalue weighted by atomic mass is 32.2. The highest BCUT2D eigenvalue weighted by Gasteiger charge is 2.38. The molecule has 0 aromatic carbocycles. The number of carboxylic acids is 1. The van der Waals surface area contributed by atoms with E-state index in [-0.39, 0.29) is 0 Å². The summed E-state index contributed by atoms with van der Waals surface area (Å²) in [6, 6.07) is 0. The van der Waals surface area contributed by atoms with E-state index in [4.69, 9.17) is 5.11 Å². The SMILES string of the molecule is CCSC1(C(=O)O)CC=CC1. The maximum atomic E-state index is 10.9. The lowest BCUT2D eigenvalue weighted by atomic mass is 10.1. The topological polar surface area (TPSA) is 37.3 Å². The van der Waals surface area contributed by atoms with Crippen LogP contribution in [0, 0.1) is 0 Å². The molecule has 0 aromatic rings. The van der Waals surface area contributed by atoms with Gasteiger partial charge < -0.3 is 5.11 Å². The summed E-state index contributed by atoms with van der Waals surface area (Å²) in [4.78, 5) is 10.9. The molecule has 0 amide bonds. The molecule has 0 atom stereocenters. The van der Waals surface area contributed by atoms with Gasteiger partial charge in [-0.1, -0.05) is 19.1 Å². The molecule has 0 bridgehead atoms. The molecule has 3 heteroatoms. The van der Waals surface area contributed by atoms with Gasteiger partial charge in [-0.3, -0.25) is 4.79 Å². The van der Waals surface area contributed by atoms with E-state index in [1.807, 2.05) is 19.1 Å². The van der Waals surface area contributed by atoms with E-state index in [2.05, 4.69) is 0 Å². The highest BCUT2D eigenvalue weighted by Crippen LogP contribution is 2.37. The molecular formula is C8H12O2S. The molecule has 0 saturated carbocycles. The second-order valence-electron chi connectivity index (χ2n) is 2.61. The molecule has 0 saturated heterocycles. The Morgan fingerprint density at radius 1 is 1.64 bits per heavy atom. The molecule has 0 radical (unpaired) electrons. The summed E-state index contributed by atoms with van der Waals surface area (Å²) in [6.07, 6.45) is 5.27. The maximum Gasteiger partial charge on any atom is 0.320 e. The minimum atomic E-state index is -0.672. The first-order valence-corrected chi connectivity index (χ1v) is 4.72. The molecule has 2 nitrogen and oxygen atoms in total. The van der Waals surface area contributed by atoms with E-state index >= 15 is 0 Å². The van der Waals surface area contributed by atoms with Crippen LogP contribution in [0.2, 0.25) is 0 Å². The molecule has 1 aliphatic carbocycles. The summed E-state index contributed by atoms with van der Waals surface area (Å²) in [7, 11) is 0. The van der Waals surface area contributed by atoms with Crippen LogP contribution in [0.5, 0.6) is 0 Å². The van der Waals surface area contributed by atoms with Gasteiger partial charge in [-0.05, 0) is 18.6 Å². The molecule has 0 spiro atoms. The molecule has 0 unspecified atom stereocenters. The Morgan fingerprint density at radius 2 is 2.18 bits per heavy atom. The lowest BCUT2D eigenvalue weighted by Gasteiger charge is -2.21. The number of rotatable bonds is 3. The minimum Gasteiger partial charge on any atom is -0.480 e. The van der Waals surface area contributed by atoms with Crippen molar-refractivity contribution < 1.29 is 9.90 Å². The van der Waals surface area contributed by atoms with Crippen molar-refractivity contribution in [3.8, 4) is 0 Å². The van der Waals surface area contributed by atoms with Gasteiger partial charge in [-0.15, -0.1) is 11.8 Å². The molecule has 0 aromatic heterocycles. The monoisotopic (exact) mass is 172 g/mol. The molecule has 1 N–H and O–H groups in total. The molecule has 62 valence electrons.